The van der Waals surface area contributed by atoms with Gasteiger partial charge in [0.2, 0.25) is 5.82 Å². The van der Waals surface area contributed by atoms with E-state index in [1.165, 1.54) is 17.0 Å². The molecule has 0 saturated heterocycles. The fourth-order valence-corrected chi connectivity index (χ4v) is 5.51. The molecule has 1 aliphatic heterocycles. The lowest BCUT2D eigenvalue weighted by atomic mass is 10.0. The van der Waals surface area contributed by atoms with Gasteiger partial charge in [-0.15, -0.1) is 10.2 Å². The highest BCUT2D eigenvalue weighted by molar-refractivity contribution is 7.99. The SMILES string of the molecule is O=C(c1c(Sc2c(Cl)cccc2Cl)cc(C(F)(F)F)[nH]c1=O)N1Cc2cccc(-c3nn[nH]n3)c2C1. The number of aromatic amines is 2. The molecule has 3 heterocycles. The minimum Gasteiger partial charge on any atom is -0.330 e. The Morgan fingerprint density at radius 1 is 1.08 bits per heavy atom. The molecule has 2 aromatic heterocycles. The molecule has 4 aromatic rings. The molecule has 1 aliphatic rings. The van der Waals surface area contributed by atoms with Crippen molar-refractivity contribution in [3.63, 3.8) is 0 Å². The second-order valence-corrected chi connectivity index (χ2v) is 9.61. The summed E-state index contributed by atoms with van der Waals surface area (Å²) < 4.78 is 40.5. The summed E-state index contributed by atoms with van der Waals surface area (Å²) in [5.74, 6) is -0.413. The zero-order chi connectivity index (χ0) is 25.6. The van der Waals surface area contributed by atoms with Crippen LogP contribution < -0.4 is 5.56 Å². The van der Waals surface area contributed by atoms with E-state index in [0.29, 0.717) is 17.5 Å². The quantitative estimate of drug-likeness (QED) is 0.361. The van der Waals surface area contributed by atoms with E-state index in [-0.39, 0.29) is 32.9 Å². The van der Waals surface area contributed by atoms with Gasteiger partial charge in [-0.2, -0.15) is 18.4 Å². The summed E-state index contributed by atoms with van der Waals surface area (Å²) in [6, 6.07) is 10.6. The summed E-state index contributed by atoms with van der Waals surface area (Å²) in [6.07, 6.45) is -4.84. The first-order chi connectivity index (χ1) is 17.1. The van der Waals surface area contributed by atoms with Gasteiger partial charge in [0.05, 0.1) is 10.0 Å². The van der Waals surface area contributed by atoms with Crippen LogP contribution in [0.3, 0.4) is 0 Å². The monoisotopic (exact) mass is 552 g/mol. The average Bonchev–Trinajstić information content (AvgIpc) is 3.50. The van der Waals surface area contributed by atoms with Gasteiger partial charge in [-0.05, 0) is 34.5 Å². The summed E-state index contributed by atoms with van der Waals surface area (Å²) in [5.41, 5.74) is -0.724. The number of carbonyl (C=O) groups excluding carboxylic acids is 1. The second kappa shape index (κ2) is 9.26. The summed E-state index contributed by atoms with van der Waals surface area (Å²) in [6.45, 7) is 0.230. The van der Waals surface area contributed by atoms with Crippen LogP contribution in [-0.4, -0.2) is 36.4 Å². The summed E-state index contributed by atoms with van der Waals surface area (Å²) in [4.78, 5) is 29.6. The highest BCUT2D eigenvalue weighted by Gasteiger charge is 2.36. The summed E-state index contributed by atoms with van der Waals surface area (Å²) in [5, 5.41) is 14.2. The Morgan fingerprint density at radius 2 is 1.81 bits per heavy atom. The number of nitrogens with zero attached hydrogens (tertiary/aromatic N) is 4. The van der Waals surface area contributed by atoms with E-state index in [1.54, 1.807) is 23.2 Å². The highest BCUT2D eigenvalue weighted by atomic mass is 35.5. The maximum absolute atomic E-state index is 13.6. The maximum atomic E-state index is 13.6. The number of alkyl halides is 3. The van der Waals surface area contributed by atoms with Crippen LogP contribution in [0, 0.1) is 0 Å². The number of aromatic nitrogens is 5. The molecule has 8 nitrogen and oxygen atoms in total. The number of hydrogen-bond acceptors (Lipinski definition) is 6. The van der Waals surface area contributed by atoms with Crippen molar-refractivity contribution >= 4 is 40.9 Å². The van der Waals surface area contributed by atoms with Crippen LogP contribution in [-0.2, 0) is 19.3 Å². The van der Waals surface area contributed by atoms with Crippen LogP contribution in [0.5, 0.6) is 0 Å². The van der Waals surface area contributed by atoms with Crippen LogP contribution in [0.15, 0.2) is 57.1 Å². The van der Waals surface area contributed by atoms with E-state index in [0.717, 1.165) is 22.9 Å². The molecule has 0 bridgehead atoms. The van der Waals surface area contributed by atoms with Crippen LogP contribution in [0.4, 0.5) is 13.2 Å². The molecule has 0 fully saturated rings. The summed E-state index contributed by atoms with van der Waals surface area (Å²) >= 11 is 13.1. The molecule has 0 radical (unpaired) electrons. The van der Waals surface area contributed by atoms with Gasteiger partial charge in [0.15, 0.2) is 0 Å². The molecule has 1 amide bonds. The van der Waals surface area contributed by atoms with Crippen molar-refractivity contribution < 1.29 is 18.0 Å². The maximum Gasteiger partial charge on any atom is 0.431 e. The zero-order valence-electron chi connectivity index (χ0n) is 17.9. The minimum absolute atomic E-state index is 0.0935. The van der Waals surface area contributed by atoms with E-state index in [1.807, 2.05) is 6.07 Å². The predicted molar refractivity (Wildman–Crippen MR) is 126 cm³/mol. The van der Waals surface area contributed by atoms with E-state index >= 15 is 0 Å². The molecule has 36 heavy (non-hydrogen) atoms. The normalized spacial score (nSPS) is 13.2. The van der Waals surface area contributed by atoms with Crippen LogP contribution in [0.1, 0.15) is 27.2 Å². The Kier molecular flexibility index (Phi) is 6.27. The topological polar surface area (TPSA) is 108 Å². The predicted octanol–water partition coefficient (Wildman–Crippen LogP) is 5.19. The molecule has 0 unspecified atom stereocenters. The third kappa shape index (κ3) is 4.47. The molecule has 0 saturated carbocycles. The van der Waals surface area contributed by atoms with E-state index in [9.17, 15) is 22.8 Å². The largest absolute Gasteiger partial charge is 0.431 e. The van der Waals surface area contributed by atoms with Gasteiger partial charge in [-0.25, -0.2) is 0 Å². The number of carbonyl (C=O) groups is 1. The molecule has 184 valence electrons. The second-order valence-electron chi connectivity index (χ2n) is 7.74. The number of rotatable bonds is 4. The minimum atomic E-state index is -4.84. The molecular formula is C22H13Cl2F3N6O2S. The van der Waals surface area contributed by atoms with Gasteiger partial charge in [0.25, 0.3) is 11.5 Å². The number of hydrogen-bond donors (Lipinski definition) is 2. The van der Waals surface area contributed by atoms with Crippen LogP contribution in [0.2, 0.25) is 10.0 Å². The molecule has 2 N–H and O–H groups in total. The van der Waals surface area contributed by atoms with Crippen LogP contribution >= 0.6 is 35.0 Å². The lowest BCUT2D eigenvalue weighted by Crippen LogP contribution is -2.33. The number of benzene rings is 2. The lowest BCUT2D eigenvalue weighted by Gasteiger charge is -2.19. The highest BCUT2D eigenvalue weighted by Crippen LogP contribution is 2.41. The van der Waals surface area contributed by atoms with Crippen molar-refractivity contribution in [2.45, 2.75) is 29.1 Å². The number of pyridine rings is 1. The van der Waals surface area contributed by atoms with Gasteiger partial charge in [0.1, 0.15) is 11.3 Å². The molecule has 14 heteroatoms. The van der Waals surface area contributed by atoms with E-state index in [2.05, 4.69) is 20.6 Å². The van der Waals surface area contributed by atoms with Gasteiger partial charge >= 0.3 is 6.18 Å². The molecular weight excluding hydrogens is 540 g/mol. The third-order valence-electron chi connectivity index (χ3n) is 5.50. The average molecular weight is 553 g/mol. The fourth-order valence-electron chi connectivity index (χ4n) is 3.87. The third-order valence-corrected chi connectivity index (χ3v) is 7.54. The number of tetrazole rings is 1. The first-order valence-corrected chi connectivity index (χ1v) is 11.8. The Balaban J connectivity index is 1.56. The Bertz CT molecular complexity index is 1520. The standard InChI is InChI=1S/C22H13Cl2F3N6O2S/c23-13-5-2-6-14(24)18(13)36-15-7-16(22(25,26)27)28-20(34)17(15)21(35)33-8-10-3-1-4-11(12(10)9-33)19-29-31-32-30-19/h1-7H,8-9H2,(H,28,34)(H,29,30,31,32). The van der Waals surface area contributed by atoms with Crippen molar-refractivity contribution in [1.29, 1.82) is 0 Å². The Hall–Kier alpha value is -3.35. The van der Waals surface area contributed by atoms with Gasteiger partial charge in [-0.3, -0.25) is 9.59 Å². The van der Waals surface area contributed by atoms with Crippen LogP contribution in [0.25, 0.3) is 11.4 Å². The number of fused-ring (bicyclic) bond motifs is 1. The Morgan fingerprint density at radius 3 is 2.47 bits per heavy atom. The zero-order valence-corrected chi connectivity index (χ0v) is 20.2. The van der Waals surface area contributed by atoms with Gasteiger partial charge in [-0.1, -0.05) is 59.2 Å². The molecule has 0 spiro atoms. The molecule has 2 aromatic carbocycles. The fraction of sp³-hybridized carbons (Fsp3) is 0.136. The number of nitrogens with one attached hydrogen (secondary N) is 2. The lowest BCUT2D eigenvalue weighted by molar-refractivity contribution is -0.141. The molecule has 0 atom stereocenters. The van der Waals surface area contributed by atoms with Gasteiger partial charge in [0, 0.05) is 28.4 Å². The number of halogens is 5. The first-order valence-electron chi connectivity index (χ1n) is 10.2. The van der Waals surface area contributed by atoms with Crippen molar-refractivity contribution in [3.8, 4) is 11.4 Å². The first kappa shape index (κ1) is 24.3. The van der Waals surface area contributed by atoms with E-state index < -0.39 is 28.9 Å². The summed E-state index contributed by atoms with van der Waals surface area (Å²) in [7, 11) is 0. The molecule has 5 rings (SSSR count). The van der Waals surface area contributed by atoms with Crippen molar-refractivity contribution in [3.05, 3.63) is 85.2 Å². The van der Waals surface area contributed by atoms with Crippen molar-refractivity contribution in [1.82, 2.24) is 30.5 Å². The number of H-pyrrole nitrogens is 2. The van der Waals surface area contributed by atoms with E-state index in [4.69, 9.17) is 23.2 Å². The number of amides is 1. The smallest absolute Gasteiger partial charge is 0.330 e. The van der Waals surface area contributed by atoms with Crippen molar-refractivity contribution in [2.24, 2.45) is 0 Å². The van der Waals surface area contributed by atoms with Crippen molar-refractivity contribution in [2.75, 3.05) is 0 Å². The Labute approximate surface area is 214 Å². The van der Waals surface area contributed by atoms with Gasteiger partial charge < -0.3 is 9.88 Å². The molecule has 0 aliphatic carbocycles.